The third kappa shape index (κ3) is 1.94. The fourth-order valence-corrected chi connectivity index (χ4v) is 4.58. The van der Waals surface area contributed by atoms with Gasteiger partial charge in [-0.05, 0) is 31.4 Å². The van der Waals surface area contributed by atoms with Crippen molar-refractivity contribution in [1.29, 1.82) is 0 Å². The van der Waals surface area contributed by atoms with Gasteiger partial charge in [-0.2, -0.15) is 0 Å². The highest BCUT2D eigenvalue weighted by Gasteiger charge is 2.50. The van der Waals surface area contributed by atoms with Crippen LogP contribution < -0.4 is 0 Å². The predicted molar refractivity (Wildman–Crippen MR) is 72.6 cm³/mol. The first-order chi connectivity index (χ1) is 9.32. The van der Waals surface area contributed by atoms with Crippen LogP contribution in [0.15, 0.2) is 28.7 Å². The van der Waals surface area contributed by atoms with Crippen LogP contribution in [-0.2, 0) is 15.4 Å². The second-order valence-electron chi connectivity index (χ2n) is 5.40. The number of hydrogen-bond donors (Lipinski definition) is 1. The van der Waals surface area contributed by atoms with Crippen molar-refractivity contribution in [3.8, 4) is 0 Å². The van der Waals surface area contributed by atoms with Gasteiger partial charge in [-0.1, -0.05) is 12.1 Å². The average molecular weight is 298 g/mol. The van der Waals surface area contributed by atoms with Crippen LogP contribution >= 0.6 is 0 Å². The molecule has 0 spiro atoms. The molecule has 0 aliphatic heterocycles. The second-order valence-corrected chi connectivity index (χ2v) is 7.63. The molecule has 0 radical (unpaired) electrons. The van der Waals surface area contributed by atoms with Gasteiger partial charge in [0.05, 0.1) is 5.25 Å². The minimum Gasteiger partial charge on any atom is -0.455 e. The van der Waals surface area contributed by atoms with Crippen LogP contribution in [0, 0.1) is 5.82 Å². The van der Waals surface area contributed by atoms with Gasteiger partial charge in [0.25, 0.3) is 0 Å². The second kappa shape index (κ2) is 4.30. The minimum atomic E-state index is -3.41. The molecule has 1 saturated carbocycles. The van der Waals surface area contributed by atoms with Gasteiger partial charge in [0.15, 0.2) is 21.2 Å². The lowest BCUT2D eigenvalue weighted by Gasteiger charge is -2.26. The molecular formula is C14H15FO4S. The molecule has 2 unspecified atom stereocenters. The van der Waals surface area contributed by atoms with Crippen molar-refractivity contribution in [2.45, 2.75) is 30.1 Å². The van der Waals surface area contributed by atoms with E-state index >= 15 is 0 Å². The highest BCUT2D eigenvalue weighted by molar-refractivity contribution is 7.91. The fourth-order valence-electron chi connectivity index (χ4n) is 3.05. The summed E-state index contributed by atoms with van der Waals surface area (Å²) in [7, 11) is -3.41. The van der Waals surface area contributed by atoms with Crippen molar-refractivity contribution in [2.24, 2.45) is 0 Å². The van der Waals surface area contributed by atoms with E-state index in [1.807, 2.05) is 0 Å². The number of sulfone groups is 1. The molecule has 2 atom stereocenters. The number of benzene rings is 1. The van der Waals surface area contributed by atoms with Crippen LogP contribution in [0.3, 0.4) is 0 Å². The first kappa shape index (κ1) is 13.6. The SMILES string of the molecule is CS(=O)(=O)C1CCCC1(O)c1cc2cccc(F)c2o1. The Labute approximate surface area is 116 Å². The van der Waals surface area contributed by atoms with Crippen LogP contribution in [-0.4, -0.2) is 25.0 Å². The third-order valence-electron chi connectivity index (χ3n) is 4.00. The molecule has 1 aromatic heterocycles. The molecule has 108 valence electrons. The molecule has 3 rings (SSSR count). The summed E-state index contributed by atoms with van der Waals surface area (Å²) in [6, 6.07) is 6.01. The van der Waals surface area contributed by atoms with Gasteiger partial charge in [-0.15, -0.1) is 0 Å². The molecule has 4 nitrogen and oxygen atoms in total. The molecule has 1 fully saturated rings. The zero-order valence-electron chi connectivity index (χ0n) is 11.0. The van der Waals surface area contributed by atoms with Crippen molar-refractivity contribution in [2.75, 3.05) is 6.26 Å². The smallest absolute Gasteiger partial charge is 0.170 e. The Bertz CT molecular complexity index is 765. The van der Waals surface area contributed by atoms with Gasteiger partial charge >= 0.3 is 0 Å². The third-order valence-corrected chi connectivity index (χ3v) is 5.66. The number of aliphatic hydroxyl groups is 1. The van der Waals surface area contributed by atoms with E-state index < -0.39 is 26.5 Å². The topological polar surface area (TPSA) is 67.5 Å². The van der Waals surface area contributed by atoms with Gasteiger partial charge in [0.2, 0.25) is 0 Å². The van der Waals surface area contributed by atoms with Crippen molar-refractivity contribution < 1.29 is 22.3 Å². The Kier molecular flexibility index (Phi) is 2.92. The van der Waals surface area contributed by atoms with E-state index in [1.165, 1.54) is 12.1 Å². The molecular weight excluding hydrogens is 283 g/mol. The first-order valence-electron chi connectivity index (χ1n) is 6.42. The molecule has 0 amide bonds. The Morgan fingerprint density at radius 1 is 1.45 bits per heavy atom. The van der Waals surface area contributed by atoms with E-state index in [1.54, 1.807) is 12.1 Å². The maximum absolute atomic E-state index is 13.6. The summed E-state index contributed by atoms with van der Waals surface area (Å²) in [5.74, 6) is -0.392. The zero-order chi connectivity index (χ0) is 14.5. The molecule has 0 bridgehead atoms. The summed E-state index contributed by atoms with van der Waals surface area (Å²) in [5, 5.41) is 10.4. The van der Waals surface area contributed by atoms with Gasteiger partial charge < -0.3 is 9.52 Å². The molecule has 6 heteroatoms. The number of furan rings is 1. The standard InChI is InChI=1S/C14H15FO4S/c1-20(17,18)12-6-3-7-14(12,16)11-8-9-4-2-5-10(15)13(9)19-11/h2,4-5,8,12,16H,3,6-7H2,1H3. The maximum Gasteiger partial charge on any atom is 0.170 e. The molecule has 1 aliphatic rings. The maximum atomic E-state index is 13.6. The number of para-hydroxylation sites is 1. The van der Waals surface area contributed by atoms with Gasteiger partial charge in [0, 0.05) is 11.6 Å². The van der Waals surface area contributed by atoms with E-state index in [0.29, 0.717) is 24.6 Å². The number of fused-ring (bicyclic) bond motifs is 1. The quantitative estimate of drug-likeness (QED) is 0.924. The molecule has 1 N–H and O–H groups in total. The van der Waals surface area contributed by atoms with E-state index in [9.17, 15) is 17.9 Å². The largest absolute Gasteiger partial charge is 0.455 e. The van der Waals surface area contributed by atoms with Gasteiger partial charge in [-0.25, -0.2) is 12.8 Å². The predicted octanol–water partition coefficient (Wildman–Crippen LogP) is 2.36. The number of halogens is 1. The van der Waals surface area contributed by atoms with Gasteiger partial charge in [-0.3, -0.25) is 0 Å². The summed E-state index contributed by atoms with van der Waals surface area (Å²) in [6.45, 7) is 0. The number of rotatable bonds is 2. The molecule has 1 aromatic carbocycles. The molecule has 1 aliphatic carbocycles. The summed E-state index contributed by atoms with van der Waals surface area (Å²) in [4.78, 5) is 0. The van der Waals surface area contributed by atoms with Crippen LogP contribution in [0.25, 0.3) is 11.0 Å². The average Bonchev–Trinajstić information content (AvgIpc) is 2.93. The Hall–Kier alpha value is -1.40. The molecule has 2 aromatic rings. The first-order valence-corrected chi connectivity index (χ1v) is 8.37. The van der Waals surface area contributed by atoms with Crippen molar-refractivity contribution >= 4 is 20.8 Å². The molecule has 0 saturated heterocycles. The summed E-state index contributed by atoms with van der Waals surface area (Å²) in [5.41, 5.74) is -1.52. The zero-order valence-corrected chi connectivity index (χ0v) is 11.8. The van der Waals surface area contributed by atoms with Crippen LogP contribution in [0.5, 0.6) is 0 Å². The van der Waals surface area contributed by atoms with E-state index in [2.05, 4.69) is 0 Å². The van der Waals surface area contributed by atoms with Crippen LogP contribution in [0.4, 0.5) is 4.39 Å². The van der Waals surface area contributed by atoms with E-state index in [-0.39, 0.29) is 11.3 Å². The number of hydrogen-bond acceptors (Lipinski definition) is 4. The summed E-state index contributed by atoms with van der Waals surface area (Å²) in [6.07, 6.45) is 2.38. The normalized spacial score (nSPS) is 27.2. The van der Waals surface area contributed by atoms with Crippen molar-refractivity contribution in [3.05, 3.63) is 35.8 Å². The molecule has 1 heterocycles. The fraction of sp³-hybridized carbons (Fsp3) is 0.429. The summed E-state index contributed by atoms with van der Waals surface area (Å²) < 4.78 is 42.7. The molecule has 20 heavy (non-hydrogen) atoms. The lowest BCUT2D eigenvalue weighted by Crippen LogP contribution is -2.39. The van der Waals surface area contributed by atoms with Crippen LogP contribution in [0.1, 0.15) is 25.0 Å². The highest BCUT2D eigenvalue weighted by Crippen LogP contribution is 2.44. The van der Waals surface area contributed by atoms with Crippen molar-refractivity contribution in [1.82, 2.24) is 0 Å². The van der Waals surface area contributed by atoms with E-state index in [0.717, 1.165) is 6.26 Å². The monoisotopic (exact) mass is 298 g/mol. The lowest BCUT2D eigenvalue weighted by molar-refractivity contribution is 0.0265. The van der Waals surface area contributed by atoms with Gasteiger partial charge in [0.1, 0.15) is 11.4 Å². The van der Waals surface area contributed by atoms with E-state index in [4.69, 9.17) is 4.42 Å². The lowest BCUT2D eigenvalue weighted by atomic mass is 9.98. The van der Waals surface area contributed by atoms with Crippen LogP contribution in [0.2, 0.25) is 0 Å². The van der Waals surface area contributed by atoms with Crippen molar-refractivity contribution in [3.63, 3.8) is 0 Å². The minimum absolute atomic E-state index is 0.0510. The summed E-state index contributed by atoms with van der Waals surface area (Å²) >= 11 is 0. The Morgan fingerprint density at radius 3 is 2.85 bits per heavy atom. The Balaban J connectivity index is 2.16. The Morgan fingerprint density at radius 2 is 2.20 bits per heavy atom. The highest BCUT2D eigenvalue weighted by atomic mass is 32.2.